The lowest BCUT2D eigenvalue weighted by atomic mass is 10.1. The normalized spacial score (nSPS) is 22.9. The number of epoxide rings is 1. The van der Waals surface area contributed by atoms with Crippen LogP contribution >= 0.6 is 0 Å². The summed E-state index contributed by atoms with van der Waals surface area (Å²) in [5.74, 6) is 0. The van der Waals surface area contributed by atoms with Crippen molar-refractivity contribution < 1.29 is 4.74 Å². The van der Waals surface area contributed by atoms with Gasteiger partial charge in [-0.15, -0.1) is 0 Å². The van der Waals surface area contributed by atoms with E-state index >= 15 is 0 Å². The van der Waals surface area contributed by atoms with Crippen molar-refractivity contribution in [1.29, 1.82) is 0 Å². The highest BCUT2D eigenvalue weighted by Crippen LogP contribution is 2.29. The molecule has 1 nitrogen and oxygen atoms in total. The molecule has 0 aliphatic carbocycles. The standard InChI is InChI=1S/C17H28O/c1-3-5-7-8-9-10-11-13-15-17-16(18-17)14-12-6-4-2/h4,6,11-13,16-17H,2-3,5,7-10,14-15H2,1H3/b12-6-,13-11-. The zero-order valence-electron chi connectivity index (χ0n) is 11.8. The van der Waals surface area contributed by atoms with Gasteiger partial charge in [-0.3, -0.25) is 0 Å². The number of unbranched alkanes of at least 4 members (excludes halogenated alkanes) is 5. The number of ether oxygens (including phenoxy) is 1. The highest BCUT2D eigenvalue weighted by molar-refractivity contribution is 5.02. The summed E-state index contributed by atoms with van der Waals surface area (Å²) in [5, 5.41) is 0. The fraction of sp³-hybridized carbons (Fsp3) is 0.647. The Labute approximate surface area is 113 Å². The molecule has 2 atom stereocenters. The lowest BCUT2D eigenvalue weighted by Crippen LogP contribution is -1.90. The quantitative estimate of drug-likeness (QED) is 0.212. The van der Waals surface area contributed by atoms with Gasteiger partial charge in [-0.1, -0.05) is 69.6 Å². The SMILES string of the molecule is C=C/C=C\CC1OC1C/C=C\CCCCCCC. The highest BCUT2D eigenvalue weighted by Gasteiger charge is 2.35. The minimum Gasteiger partial charge on any atom is -0.369 e. The fourth-order valence-electron chi connectivity index (χ4n) is 2.12. The first-order valence-electron chi connectivity index (χ1n) is 7.46. The van der Waals surface area contributed by atoms with E-state index in [1.54, 1.807) is 0 Å². The van der Waals surface area contributed by atoms with Crippen molar-refractivity contribution in [3.8, 4) is 0 Å². The van der Waals surface area contributed by atoms with E-state index in [1.807, 2.05) is 12.2 Å². The first-order chi connectivity index (χ1) is 8.88. The number of hydrogen-bond acceptors (Lipinski definition) is 1. The maximum Gasteiger partial charge on any atom is 0.0879 e. The monoisotopic (exact) mass is 248 g/mol. The molecule has 1 aliphatic rings. The van der Waals surface area contributed by atoms with Crippen LogP contribution in [0.25, 0.3) is 0 Å². The lowest BCUT2D eigenvalue weighted by Gasteiger charge is -1.95. The third-order valence-electron chi connectivity index (χ3n) is 3.34. The van der Waals surface area contributed by atoms with Gasteiger partial charge in [-0.2, -0.15) is 0 Å². The van der Waals surface area contributed by atoms with Crippen molar-refractivity contribution in [1.82, 2.24) is 0 Å². The summed E-state index contributed by atoms with van der Waals surface area (Å²) >= 11 is 0. The van der Waals surface area contributed by atoms with Crippen LogP contribution in [0.2, 0.25) is 0 Å². The van der Waals surface area contributed by atoms with E-state index in [0.29, 0.717) is 12.2 Å². The molecule has 0 radical (unpaired) electrons. The Morgan fingerprint density at radius 2 is 1.67 bits per heavy atom. The predicted octanol–water partition coefficient (Wildman–Crippen LogP) is 5.19. The van der Waals surface area contributed by atoms with Crippen LogP contribution in [0.3, 0.4) is 0 Å². The second-order valence-electron chi connectivity index (χ2n) is 5.02. The molecule has 0 bridgehead atoms. The Morgan fingerprint density at radius 1 is 0.944 bits per heavy atom. The molecule has 0 aromatic heterocycles. The van der Waals surface area contributed by atoms with E-state index < -0.39 is 0 Å². The second kappa shape index (κ2) is 10.1. The summed E-state index contributed by atoms with van der Waals surface area (Å²) < 4.78 is 5.59. The topological polar surface area (TPSA) is 12.5 Å². The summed E-state index contributed by atoms with van der Waals surface area (Å²) in [6.45, 7) is 5.91. The molecule has 0 N–H and O–H groups in total. The average Bonchev–Trinajstić information content (AvgIpc) is 3.12. The van der Waals surface area contributed by atoms with Gasteiger partial charge in [0.2, 0.25) is 0 Å². The van der Waals surface area contributed by atoms with E-state index in [0.717, 1.165) is 12.8 Å². The lowest BCUT2D eigenvalue weighted by molar-refractivity contribution is 0.372. The first-order valence-corrected chi connectivity index (χ1v) is 7.46. The van der Waals surface area contributed by atoms with Gasteiger partial charge in [-0.05, 0) is 25.7 Å². The summed E-state index contributed by atoms with van der Waals surface area (Å²) in [4.78, 5) is 0. The molecular formula is C17H28O. The van der Waals surface area contributed by atoms with Crippen LogP contribution < -0.4 is 0 Å². The molecule has 1 fully saturated rings. The van der Waals surface area contributed by atoms with Crippen LogP contribution in [-0.4, -0.2) is 12.2 Å². The van der Waals surface area contributed by atoms with Crippen LogP contribution in [0.4, 0.5) is 0 Å². The van der Waals surface area contributed by atoms with Crippen molar-refractivity contribution >= 4 is 0 Å². The summed E-state index contributed by atoms with van der Waals surface area (Å²) in [5.41, 5.74) is 0. The van der Waals surface area contributed by atoms with Gasteiger partial charge in [0.15, 0.2) is 0 Å². The molecule has 18 heavy (non-hydrogen) atoms. The molecule has 0 amide bonds. The fourth-order valence-corrected chi connectivity index (χ4v) is 2.12. The molecule has 1 saturated heterocycles. The molecular weight excluding hydrogens is 220 g/mol. The van der Waals surface area contributed by atoms with Crippen molar-refractivity contribution in [2.45, 2.75) is 70.5 Å². The molecule has 1 heteroatoms. The third kappa shape index (κ3) is 7.50. The van der Waals surface area contributed by atoms with Gasteiger partial charge in [0, 0.05) is 0 Å². The molecule has 2 unspecified atom stereocenters. The van der Waals surface area contributed by atoms with Crippen molar-refractivity contribution in [2.75, 3.05) is 0 Å². The van der Waals surface area contributed by atoms with Gasteiger partial charge in [0.25, 0.3) is 0 Å². The van der Waals surface area contributed by atoms with Crippen molar-refractivity contribution in [2.24, 2.45) is 0 Å². The van der Waals surface area contributed by atoms with Crippen molar-refractivity contribution in [3.63, 3.8) is 0 Å². The van der Waals surface area contributed by atoms with E-state index in [9.17, 15) is 0 Å². The van der Waals surface area contributed by atoms with Gasteiger partial charge in [0.1, 0.15) is 0 Å². The van der Waals surface area contributed by atoms with E-state index in [2.05, 4.69) is 31.7 Å². The maximum atomic E-state index is 5.59. The largest absolute Gasteiger partial charge is 0.369 e. The van der Waals surface area contributed by atoms with Crippen molar-refractivity contribution in [3.05, 3.63) is 37.0 Å². The van der Waals surface area contributed by atoms with Crippen LogP contribution in [0.15, 0.2) is 37.0 Å². The van der Waals surface area contributed by atoms with Crippen LogP contribution in [0.5, 0.6) is 0 Å². The Hall–Kier alpha value is -0.820. The summed E-state index contributed by atoms with van der Waals surface area (Å²) in [6.07, 6.45) is 21.7. The maximum absolute atomic E-state index is 5.59. The number of allylic oxidation sites excluding steroid dienone is 3. The number of hydrogen-bond donors (Lipinski definition) is 0. The zero-order valence-corrected chi connectivity index (χ0v) is 11.8. The number of rotatable bonds is 11. The second-order valence-corrected chi connectivity index (χ2v) is 5.02. The van der Waals surface area contributed by atoms with Gasteiger partial charge in [0.05, 0.1) is 12.2 Å². The Morgan fingerprint density at radius 3 is 2.39 bits per heavy atom. The van der Waals surface area contributed by atoms with E-state index in [1.165, 1.54) is 38.5 Å². The molecule has 1 heterocycles. The molecule has 1 aliphatic heterocycles. The summed E-state index contributed by atoms with van der Waals surface area (Å²) in [7, 11) is 0. The molecule has 0 saturated carbocycles. The van der Waals surface area contributed by atoms with Crippen LogP contribution in [0, 0.1) is 0 Å². The van der Waals surface area contributed by atoms with Gasteiger partial charge in [-0.25, -0.2) is 0 Å². The van der Waals surface area contributed by atoms with Crippen LogP contribution in [0.1, 0.15) is 58.3 Å². The first kappa shape index (κ1) is 15.2. The third-order valence-corrected chi connectivity index (χ3v) is 3.34. The Bertz CT molecular complexity index is 265. The van der Waals surface area contributed by atoms with Crippen LogP contribution in [-0.2, 0) is 4.74 Å². The average molecular weight is 248 g/mol. The summed E-state index contributed by atoms with van der Waals surface area (Å²) in [6, 6.07) is 0. The smallest absolute Gasteiger partial charge is 0.0879 e. The zero-order chi connectivity index (χ0) is 13.1. The molecule has 0 aromatic rings. The predicted molar refractivity (Wildman–Crippen MR) is 79.7 cm³/mol. The minimum absolute atomic E-state index is 0.454. The Balaban J connectivity index is 1.89. The molecule has 102 valence electrons. The molecule has 0 spiro atoms. The van der Waals surface area contributed by atoms with Gasteiger partial charge >= 0.3 is 0 Å². The molecule has 0 aromatic carbocycles. The van der Waals surface area contributed by atoms with E-state index in [-0.39, 0.29) is 0 Å². The van der Waals surface area contributed by atoms with E-state index in [4.69, 9.17) is 4.74 Å². The molecule has 1 rings (SSSR count). The highest BCUT2D eigenvalue weighted by atomic mass is 16.6. The Kier molecular flexibility index (Phi) is 8.58. The minimum atomic E-state index is 0.454. The van der Waals surface area contributed by atoms with Gasteiger partial charge < -0.3 is 4.74 Å².